The number of halogens is 1. The summed E-state index contributed by atoms with van der Waals surface area (Å²) in [6, 6.07) is 0. The van der Waals surface area contributed by atoms with Gasteiger partial charge in [0.1, 0.15) is 5.60 Å². The Morgan fingerprint density at radius 2 is 2.50 bits per heavy atom. The highest BCUT2D eigenvalue weighted by molar-refractivity contribution is 6.19. The van der Waals surface area contributed by atoms with Crippen LogP contribution < -0.4 is 0 Å². The molecule has 0 aliphatic carbocycles. The summed E-state index contributed by atoms with van der Waals surface area (Å²) in [5, 5.41) is 0. The van der Waals surface area contributed by atoms with Crippen molar-refractivity contribution in [1.82, 2.24) is 0 Å². The third-order valence-electron chi connectivity index (χ3n) is 1.21. The number of rotatable bonds is 2. The molecule has 0 aromatic heterocycles. The van der Waals surface area contributed by atoms with Crippen molar-refractivity contribution in [3.63, 3.8) is 0 Å². The van der Waals surface area contributed by atoms with Crippen molar-refractivity contribution >= 4 is 11.6 Å². The molecule has 1 aliphatic heterocycles. The molecule has 1 saturated heterocycles. The van der Waals surface area contributed by atoms with Gasteiger partial charge in [0, 0.05) is 0 Å². The molecule has 1 heterocycles. The van der Waals surface area contributed by atoms with E-state index in [1.165, 1.54) is 0 Å². The molecule has 8 heavy (non-hydrogen) atoms. The van der Waals surface area contributed by atoms with Crippen molar-refractivity contribution in [2.75, 3.05) is 12.5 Å². The van der Waals surface area contributed by atoms with Crippen LogP contribution in [0.15, 0.2) is 12.2 Å². The van der Waals surface area contributed by atoms with Crippen LogP contribution in [-0.4, -0.2) is 18.1 Å². The van der Waals surface area contributed by atoms with Crippen LogP contribution in [0, 0.1) is 0 Å². The van der Waals surface area contributed by atoms with E-state index in [9.17, 15) is 0 Å². The monoisotopic (exact) mass is 132 g/mol. The number of hydrogen-bond donors (Lipinski definition) is 0. The Hall–Kier alpha value is -0.0100. The molecule has 1 nitrogen and oxygen atoms in total. The first-order chi connectivity index (χ1) is 3.83. The smallest absolute Gasteiger partial charge is 0.123 e. The number of ether oxygens (including phenoxy) is 1. The van der Waals surface area contributed by atoms with Gasteiger partial charge in [0.05, 0.1) is 12.5 Å². The molecule has 0 spiro atoms. The minimum Gasteiger partial charge on any atom is -0.364 e. The third kappa shape index (κ3) is 1.04. The predicted molar refractivity (Wildman–Crippen MR) is 34.2 cm³/mol. The SMILES string of the molecule is C/C=C/C1(CCl)CO1. The van der Waals surface area contributed by atoms with Crippen molar-refractivity contribution in [3.8, 4) is 0 Å². The van der Waals surface area contributed by atoms with E-state index in [1.54, 1.807) is 0 Å². The molecular formula is C6H9ClO. The molecule has 0 radical (unpaired) electrons. The molecule has 2 heteroatoms. The van der Waals surface area contributed by atoms with Crippen LogP contribution in [0.5, 0.6) is 0 Å². The Kier molecular flexibility index (Phi) is 1.59. The standard InChI is InChI=1S/C6H9ClO/c1-2-3-6(4-7)5-8-6/h2-3H,4-5H2,1H3/b3-2+. The second-order valence-corrected chi connectivity index (χ2v) is 2.25. The number of hydrogen-bond acceptors (Lipinski definition) is 1. The number of epoxide rings is 1. The molecule has 1 atom stereocenters. The van der Waals surface area contributed by atoms with E-state index in [2.05, 4.69) is 0 Å². The lowest BCUT2D eigenvalue weighted by Gasteiger charge is -1.95. The van der Waals surface area contributed by atoms with Crippen LogP contribution in [0.3, 0.4) is 0 Å². The van der Waals surface area contributed by atoms with Gasteiger partial charge in [-0.25, -0.2) is 0 Å². The van der Waals surface area contributed by atoms with E-state index in [0.29, 0.717) is 5.88 Å². The quantitative estimate of drug-likeness (QED) is 0.316. The molecule has 0 amide bonds. The minimum atomic E-state index is -0.0731. The number of alkyl halides is 1. The molecule has 1 fully saturated rings. The average Bonchev–Trinajstić information content (AvgIpc) is 2.50. The summed E-state index contributed by atoms with van der Waals surface area (Å²) < 4.78 is 5.07. The molecule has 0 aromatic rings. The molecule has 1 aliphatic rings. The van der Waals surface area contributed by atoms with Crippen molar-refractivity contribution in [1.29, 1.82) is 0 Å². The maximum Gasteiger partial charge on any atom is 0.123 e. The summed E-state index contributed by atoms with van der Waals surface area (Å²) in [6.07, 6.45) is 3.97. The summed E-state index contributed by atoms with van der Waals surface area (Å²) in [6.45, 7) is 2.76. The Bertz CT molecular complexity index is 105. The molecule has 0 N–H and O–H groups in total. The van der Waals surface area contributed by atoms with Crippen LogP contribution in [0.25, 0.3) is 0 Å². The third-order valence-corrected chi connectivity index (χ3v) is 1.66. The van der Waals surface area contributed by atoms with Gasteiger partial charge in [-0.2, -0.15) is 0 Å². The highest BCUT2D eigenvalue weighted by Gasteiger charge is 2.40. The highest BCUT2D eigenvalue weighted by Crippen LogP contribution is 2.29. The van der Waals surface area contributed by atoms with E-state index >= 15 is 0 Å². The maximum absolute atomic E-state index is 5.56. The van der Waals surface area contributed by atoms with Gasteiger partial charge in [0.25, 0.3) is 0 Å². The molecule has 1 unspecified atom stereocenters. The summed E-state index contributed by atoms with van der Waals surface area (Å²) in [5.74, 6) is 0.581. The average molecular weight is 133 g/mol. The summed E-state index contributed by atoms with van der Waals surface area (Å²) >= 11 is 5.56. The highest BCUT2D eigenvalue weighted by atomic mass is 35.5. The van der Waals surface area contributed by atoms with Crippen LogP contribution in [0.4, 0.5) is 0 Å². The molecule has 0 aromatic carbocycles. The maximum atomic E-state index is 5.56. The van der Waals surface area contributed by atoms with Crippen LogP contribution in [0.1, 0.15) is 6.92 Å². The first-order valence-electron chi connectivity index (χ1n) is 2.67. The zero-order valence-corrected chi connectivity index (χ0v) is 5.61. The largest absolute Gasteiger partial charge is 0.364 e. The van der Waals surface area contributed by atoms with E-state index in [1.807, 2.05) is 19.1 Å². The first-order valence-corrected chi connectivity index (χ1v) is 3.20. The van der Waals surface area contributed by atoms with E-state index < -0.39 is 0 Å². The van der Waals surface area contributed by atoms with Gasteiger partial charge in [-0.1, -0.05) is 12.2 Å². The van der Waals surface area contributed by atoms with Crippen molar-refractivity contribution in [2.45, 2.75) is 12.5 Å². The lowest BCUT2D eigenvalue weighted by Crippen LogP contribution is -2.07. The van der Waals surface area contributed by atoms with Gasteiger partial charge in [-0.15, -0.1) is 11.6 Å². The van der Waals surface area contributed by atoms with Crippen molar-refractivity contribution < 1.29 is 4.74 Å². The first kappa shape index (κ1) is 6.12. The minimum absolute atomic E-state index is 0.0731. The zero-order chi connectivity index (χ0) is 6.04. The zero-order valence-electron chi connectivity index (χ0n) is 4.86. The summed E-state index contributed by atoms with van der Waals surface area (Å²) in [4.78, 5) is 0. The van der Waals surface area contributed by atoms with Crippen LogP contribution >= 0.6 is 11.6 Å². The second-order valence-electron chi connectivity index (χ2n) is 1.99. The van der Waals surface area contributed by atoms with Gasteiger partial charge < -0.3 is 4.74 Å². The summed E-state index contributed by atoms with van der Waals surface area (Å²) in [5.41, 5.74) is -0.0731. The molecule has 46 valence electrons. The van der Waals surface area contributed by atoms with Gasteiger partial charge in [0.2, 0.25) is 0 Å². The van der Waals surface area contributed by atoms with E-state index in [-0.39, 0.29) is 5.60 Å². The van der Waals surface area contributed by atoms with Crippen LogP contribution in [-0.2, 0) is 4.74 Å². The normalized spacial score (nSPS) is 36.2. The summed E-state index contributed by atoms with van der Waals surface area (Å²) in [7, 11) is 0. The Balaban J connectivity index is 2.41. The molecule has 0 bridgehead atoms. The topological polar surface area (TPSA) is 12.5 Å². The van der Waals surface area contributed by atoms with Crippen molar-refractivity contribution in [2.24, 2.45) is 0 Å². The Morgan fingerprint density at radius 1 is 1.88 bits per heavy atom. The van der Waals surface area contributed by atoms with Crippen LogP contribution in [0.2, 0.25) is 0 Å². The fourth-order valence-electron chi connectivity index (χ4n) is 0.614. The lowest BCUT2D eigenvalue weighted by atomic mass is 10.2. The van der Waals surface area contributed by atoms with E-state index in [0.717, 1.165) is 6.61 Å². The van der Waals surface area contributed by atoms with Gasteiger partial charge in [-0.3, -0.25) is 0 Å². The van der Waals surface area contributed by atoms with E-state index in [4.69, 9.17) is 16.3 Å². The molecule has 0 saturated carbocycles. The van der Waals surface area contributed by atoms with Gasteiger partial charge >= 0.3 is 0 Å². The predicted octanol–water partition coefficient (Wildman–Crippen LogP) is 1.57. The molecule has 1 rings (SSSR count). The fourth-order valence-corrected chi connectivity index (χ4v) is 0.858. The van der Waals surface area contributed by atoms with Gasteiger partial charge in [-0.05, 0) is 6.92 Å². The Labute approximate surface area is 54.3 Å². The fraction of sp³-hybridized carbons (Fsp3) is 0.667. The Morgan fingerprint density at radius 3 is 2.62 bits per heavy atom. The lowest BCUT2D eigenvalue weighted by molar-refractivity contribution is 0.372. The van der Waals surface area contributed by atoms with Crippen molar-refractivity contribution in [3.05, 3.63) is 12.2 Å². The molecular weight excluding hydrogens is 124 g/mol. The number of allylic oxidation sites excluding steroid dienone is 1. The van der Waals surface area contributed by atoms with Gasteiger partial charge in [0.15, 0.2) is 0 Å². The second kappa shape index (κ2) is 2.08.